The number of hydrogen-bond donors (Lipinski definition) is 1. The molecule has 182 valence electrons. The van der Waals surface area contributed by atoms with Gasteiger partial charge in [0.05, 0.1) is 24.3 Å². The molecule has 4 aromatic rings. The van der Waals surface area contributed by atoms with Crippen LogP contribution in [0.4, 0.5) is 17.3 Å². The molecule has 8 nitrogen and oxygen atoms in total. The Morgan fingerprint density at radius 3 is 2.61 bits per heavy atom. The van der Waals surface area contributed by atoms with Gasteiger partial charge in [0.2, 0.25) is 0 Å². The number of nitrogens with zero attached hydrogens (tertiary/aromatic N) is 4. The zero-order valence-corrected chi connectivity index (χ0v) is 20.1. The van der Waals surface area contributed by atoms with E-state index < -0.39 is 5.97 Å². The lowest BCUT2D eigenvalue weighted by Crippen LogP contribution is -2.25. The number of carbonyl (C=O) groups excluding carboxylic acids is 1. The van der Waals surface area contributed by atoms with Gasteiger partial charge in [0, 0.05) is 32.4 Å². The maximum Gasteiger partial charge on any atom is 0.307 e. The van der Waals surface area contributed by atoms with E-state index in [1.54, 1.807) is 24.3 Å². The van der Waals surface area contributed by atoms with Crippen molar-refractivity contribution in [3.05, 3.63) is 83.7 Å². The fourth-order valence-corrected chi connectivity index (χ4v) is 4.49. The van der Waals surface area contributed by atoms with E-state index in [1.807, 2.05) is 66.4 Å². The van der Waals surface area contributed by atoms with Crippen LogP contribution in [0.1, 0.15) is 28.4 Å². The van der Waals surface area contributed by atoms with Gasteiger partial charge in [-0.3, -0.25) is 9.59 Å². The van der Waals surface area contributed by atoms with Crippen LogP contribution in [0.3, 0.4) is 0 Å². The van der Waals surface area contributed by atoms with Gasteiger partial charge in [-0.05, 0) is 59.2 Å². The van der Waals surface area contributed by atoms with E-state index in [0.717, 1.165) is 33.3 Å². The van der Waals surface area contributed by atoms with Gasteiger partial charge in [0.25, 0.3) is 5.91 Å². The number of ether oxygens (including phenoxy) is 1. The lowest BCUT2D eigenvalue weighted by molar-refractivity contribution is -0.136. The minimum absolute atomic E-state index is 0.0000835. The van der Waals surface area contributed by atoms with Crippen molar-refractivity contribution in [2.24, 2.45) is 0 Å². The molecule has 1 amide bonds. The van der Waals surface area contributed by atoms with Gasteiger partial charge < -0.3 is 19.6 Å². The van der Waals surface area contributed by atoms with Crippen molar-refractivity contribution in [3.8, 4) is 5.75 Å². The van der Waals surface area contributed by atoms with E-state index >= 15 is 0 Å². The Hall–Kier alpha value is -4.46. The average Bonchev–Trinajstić information content (AvgIpc) is 2.97. The molecule has 0 bridgehead atoms. The van der Waals surface area contributed by atoms with Crippen molar-refractivity contribution in [2.45, 2.75) is 19.8 Å². The molecule has 5 rings (SSSR count). The highest BCUT2D eigenvalue weighted by molar-refractivity contribution is 6.12. The van der Waals surface area contributed by atoms with Crippen LogP contribution in [-0.4, -0.2) is 47.2 Å². The molecule has 1 aliphatic heterocycles. The van der Waals surface area contributed by atoms with Gasteiger partial charge in [-0.1, -0.05) is 24.3 Å². The normalized spacial score (nSPS) is 12.8. The smallest absolute Gasteiger partial charge is 0.307 e. The fourth-order valence-electron chi connectivity index (χ4n) is 4.49. The first-order chi connectivity index (χ1) is 17.4. The molecule has 0 unspecified atom stereocenters. The standard InChI is InChI=1S/C28H26N4O4/c1-3-32-26-23(28(35)31(2)24-5-4-11-29-27(24)32)14-19(17-30-26)10-12-36-22-9-8-20-13-18(15-25(33)34)6-7-21(20)16-22/h4-9,11,13-14,16-17H,3,10,12,15H2,1-2H3,(H,33,34). The highest BCUT2D eigenvalue weighted by Crippen LogP contribution is 2.37. The summed E-state index contributed by atoms with van der Waals surface area (Å²) in [5.74, 6) is 1.07. The number of aliphatic carboxylic acids is 1. The lowest BCUT2D eigenvalue weighted by Gasteiger charge is -2.22. The minimum Gasteiger partial charge on any atom is -0.493 e. The summed E-state index contributed by atoms with van der Waals surface area (Å²) in [6.45, 7) is 3.07. The summed E-state index contributed by atoms with van der Waals surface area (Å²) < 4.78 is 5.98. The van der Waals surface area contributed by atoms with Crippen molar-refractivity contribution < 1.29 is 19.4 Å². The van der Waals surface area contributed by atoms with Crippen molar-refractivity contribution in [2.75, 3.05) is 30.0 Å². The molecule has 0 saturated carbocycles. The Labute approximate surface area is 208 Å². The molecule has 0 atom stereocenters. The molecule has 0 fully saturated rings. The van der Waals surface area contributed by atoms with Gasteiger partial charge >= 0.3 is 5.97 Å². The predicted molar refractivity (Wildman–Crippen MR) is 138 cm³/mol. The average molecular weight is 483 g/mol. The number of benzene rings is 2. The number of anilines is 3. The monoisotopic (exact) mass is 482 g/mol. The van der Waals surface area contributed by atoms with Crippen LogP contribution in [-0.2, 0) is 17.6 Å². The Morgan fingerprint density at radius 1 is 1.00 bits per heavy atom. The molecule has 2 aromatic carbocycles. The number of aromatic nitrogens is 2. The minimum atomic E-state index is -0.849. The van der Waals surface area contributed by atoms with Crippen molar-refractivity contribution in [3.63, 3.8) is 0 Å². The van der Waals surface area contributed by atoms with E-state index in [2.05, 4.69) is 9.97 Å². The Kier molecular flexibility index (Phi) is 6.25. The number of carboxylic acids is 1. The molecule has 36 heavy (non-hydrogen) atoms. The molecule has 1 N–H and O–H groups in total. The highest BCUT2D eigenvalue weighted by Gasteiger charge is 2.30. The van der Waals surface area contributed by atoms with Crippen LogP contribution in [0.2, 0.25) is 0 Å². The Balaban J connectivity index is 1.32. The second-order valence-corrected chi connectivity index (χ2v) is 8.68. The van der Waals surface area contributed by atoms with E-state index in [-0.39, 0.29) is 12.3 Å². The maximum atomic E-state index is 13.3. The van der Waals surface area contributed by atoms with Gasteiger partial charge in [-0.15, -0.1) is 0 Å². The number of rotatable bonds is 7. The van der Waals surface area contributed by atoms with E-state index in [0.29, 0.717) is 36.8 Å². The molecule has 0 radical (unpaired) electrons. The third kappa shape index (κ3) is 4.45. The van der Waals surface area contributed by atoms with Gasteiger partial charge in [-0.2, -0.15) is 0 Å². The fraction of sp³-hybridized carbons (Fsp3) is 0.214. The molecule has 0 saturated heterocycles. The Bertz CT molecular complexity index is 1470. The van der Waals surface area contributed by atoms with Crippen molar-refractivity contribution in [1.29, 1.82) is 0 Å². The predicted octanol–water partition coefficient (Wildman–Crippen LogP) is 4.63. The molecule has 0 spiro atoms. The van der Waals surface area contributed by atoms with Crippen molar-refractivity contribution in [1.82, 2.24) is 9.97 Å². The maximum absolute atomic E-state index is 13.3. The van der Waals surface area contributed by atoms with Crippen LogP contribution in [0.15, 0.2) is 67.0 Å². The third-order valence-corrected chi connectivity index (χ3v) is 6.30. The van der Waals surface area contributed by atoms with Crippen LogP contribution in [0.25, 0.3) is 10.8 Å². The second-order valence-electron chi connectivity index (χ2n) is 8.68. The van der Waals surface area contributed by atoms with Crippen LogP contribution >= 0.6 is 0 Å². The quantitative estimate of drug-likeness (QED) is 0.410. The summed E-state index contributed by atoms with van der Waals surface area (Å²) in [7, 11) is 1.76. The van der Waals surface area contributed by atoms with Gasteiger partial charge in [-0.25, -0.2) is 9.97 Å². The van der Waals surface area contributed by atoms with E-state index in [9.17, 15) is 9.59 Å². The number of fused-ring (bicyclic) bond motifs is 3. The summed E-state index contributed by atoms with van der Waals surface area (Å²) in [4.78, 5) is 37.0. The van der Waals surface area contributed by atoms with E-state index in [4.69, 9.17) is 9.84 Å². The van der Waals surface area contributed by atoms with Crippen LogP contribution in [0, 0.1) is 0 Å². The number of amides is 1. The highest BCUT2D eigenvalue weighted by atomic mass is 16.5. The van der Waals surface area contributed by atoms with E-state index in [1.165, 1.54) is 0 Å². The molecule has 8 heteroatoms. The number of hydrogen-bond acceptors (Lipinski definition) is 6. The van der Waals surface area contributed by atoms with Gasteiger partial charge in [0.15, 0.2) is 5.82 Å². The summed E-state index contributed by atoms with van der Waals surface area (Å²) in [5, 5.41) is 10.9. The number of pyridine rings is 2. The molecular formula is C28H26N4O4. The molecular weight excluding hydrogens is 456 g/mol. The summed E-state index contributed by atoms with van der Waals surface area (Å²) in [5.41, 5.74) is 2.96. The third-order valence-electron chi connectivity index (χ3n) is 6.30. The summed E-state index contributed by atoms with van der Waals surface area (Å²) in [6, 6.07) is 17.0. The molecule has 3 heterocycles. The first kappa shape index (κ1) is 23.3. The molecule has 0 aliphatic carbocycles. The van der Waals surface area contributed by atoms with Crippen LogP contribution in [0.5, 0.6) is 5.75 Å². The first-order valence-electron chi connectivity index (χ1n) is 11.8. The molecule has 2 aromatic heterocycles. The SMILES string of the molecule is CCN1c2ncc(CCOc3ccc4cc(CC(=O)O)ccc4c3)cc2C(=O)N(C)c2cccnc21. The molecule has 1 aliphatic rings. The summed E-state index contributed by atoms with van der Waals surface area (Å²) >= 11 is 0. The summed E-state index contributed by atoms with van der Waals surface area (Å²) in [6.07, 6.45) is 4.10. The van der Waals surface area contributed by atoms with Gasteiger partial charge in [0.1, 0.15) is 11.6 Å². The van der Waals surface area contributed by atoms with Crippen molar-refractivity contribution >= 4 is 40.0 Å². The number of carboxylic acid groups (broad SMARTS) is 1. The van der Waals surface area contributed by atoms with Crippen LogP contribution < -0.4 is 14.5 Å². The second kappa shape index (κ2) is 9.65. The number of carbonyl (C=O) groups is 2. The first-order valence-corrected chi connectivity index (χ1v) is 11.8. The zero-order valence-electron chi connectivity index (χ0n) is 20.1. The Morgan fingerprint density at radius 2 is 1.81 bits per heavy atom. The lowest BCUT2D eigenvalue weighted by atomic mass is 10.0. The topological polar surface area (TPSA) is 95.9 Å². The largest absolute Gasteiger partial charge is 0.493 e. The zero-order chi connectivity index (χ0) is 25.2.